The van der Waals surface area contributed by atoms with Crippen LogP contribution in [0.15, 0.2) is 61.0 Å². The highest BCUT2D eigenvalue weighted by Crippen LogP contribution is 2.37. The Morgan fingerprint density at radius 1 is 1.32 bits per heavy atom. The van der Waals surface area contributed by atoms with Crippen molar-refractivity contribution in [1.82, 2.24) is 0 Å². The summed E-state index contributed by atoms with van der Waals surface area (Å²) in [5.74, 6) is 1.59. The first-order valence-electron chi connectivity index (χ1n) is 6.04. The maximum absolute atomic E-state index is 7.37. The van der Waals surface area contributed by atoms with Gasteiger partial charge < -0.3 is 15.4 Å². The molecule has 0 spiro atoms. The molecule has 0 unspecified atom stereocenters. The highest BCUT2D eigenvalue weighted by molar-refractivity contribution is 5.78. The second-order valence-corrected chi connectivity index (χ2v) is 4.15. The summed E-state index contributed by atoms with van der Waals surface area (Å²) in [4.78, 5) is 2.05. The number of para-hydroxylation sites is 2. The van der Waals surface area contributed by atoms with Crippen LogP contribution in [0.3, 0.4) is 0 Å². The van der Waals surface area contributed by atoms with E-state index in [4.69, 9.17) is 15.9 Å². The van der Waals surface area contributed by atoms with Crippen molar-refractivity contribution in [2.75, 3.05) is 11.4 Å². The first-order valence-corrected chi connectivity index (χ1v) is 6.04. The first-order chi connectivity index (χ1) is 9.17. The number of nitrogens with one attached hydrogen (secondary N) is 1. The van der Waals surface area contributed by atoms with E-state index in [1.165, 1.54) is 0 Å². The summed E-state index contributed by atoms with van der Waals surface area (Å²) in [5.41, 5.74) is 7.24. The summed E-state index contributed by atoms with van der Waals surface area (Å²) in [7, 11) is 0. The zero-order chi connectivity index (χ0) is 13.8. The molecule has 98 valence electrons. The largest absolute Gasteiger partial charge is 0.453 e. The Hall–Kier alpha value is -2.49. The number of hydrogen-bond acceptors (Lipinski definition) is 3. The maximum Gasteiger partial charge on any atom is 0.151 e. The molecule has 2 rings (SSSR count). The zero-order valence-corrected chi connectivity index (χ0v) is 10.7. The molecule has 0 saturated heterocycles. The fourth-order valence-corrected chi connectivity index (χ4v) is 2.03. The van der Waals surface area contributed by atoms with Gasteiger partial charge in [-0.15, -0.1) is 0 Å². The van der Waals surface area contributed by atoms with Crippen LogP contribution in [-0.4, -0.2) is 12.4 Å². The number of rotatable bonds is 5. The lowest BCUT2D eigenvalue weighted by Gasteiger charge is -2.32. The molecule has 3 N–H and O–H groups in total. The molecule has 0 fully saturated rings. The maximum atomic E-state index is 7.37. The molecule has 1 heterocycles. The van der Waals surface area contributed by atoms with E-state index < -0.39 is 0 Å². The summed E-state index contributed by atoms with van der Waals surface area (Å²) in [5, 5.41) is 7.37. The topological polar surface area (TPSA) is 62.3 Å². The number of nitrogens with zero attached hydrogens (tertiary/aromatic N) is 1. The molecule has 4 heteroatoms. The summed E-state index contributed by atoms with van der Waals surface area (Å²) >= 11 is 0. The average Bonchev–Trinajstić information content (AvgIpc) is 2.43. The molecular formula is C15H17N3O. The van der Waals surface area contributed by atoms with Crippen LogP contribution in [0.4, 0.5) is 5.69 Å². The standard InChI is InChI=1S/C15H17N3O/c1-3-11-13(4-2)19-14-8-6-5-7-12(14)18(11)10-9-15(16)17/h3-8H,1-2,9-10H2,(H3,16,17). The lowest BCUT2D eigenvalue weighted by Crippen LogP contribution is -2.30. The van der Waals surface area contributed by atoms with Crippen LogP contribution in [0.5, 0.6) is 5.75 Å². The normalized spacial score (nSPS) is 13.6. The van der Waals surface area contributed by atoms with Crippen LogP contribution in [0.25, 0.3) is 0 Å². The van der Waals surface area contributed by atoms with Crippen molar-refractivity contribution in [3.63, 3.8) is 0 Å². The number of ether oxygens (including phenoxy) is 1. The number of amidine groups is 1. The van der Waals surface area contributed by atoms with Crippen LogP contribution in [0.2, 0.25) is 0 Å². The molecule has 0 saturated carbocycles. The summed E-state index contributed by atoms with van der Waals surface area (Å²) in [6, 6.07) is 7.74. The molecule has 0 radical (unpaired) electrons. The third kappa shape index (κ3) is 2.52. The van der Waals surface area contributed by atoms with E-state index in [-0.39, 0.29) is 5.84 Å². The Kier molecular flexibility index (Phi) is 3.71. The molecule has 19 heavy (non-hydrogen) atoms. The first kappa shape index (κ1) is 13.0. The third-order valence-electron chi connectivity index (χ3n) is 2.90. The van der Waals surface area contributed by atoms with Gasteiger partial charge in [-0.2, -0.15) is 0 Å². The Morgan fingerprint density at radius 2 is 2.05 bits per heavy atom. The van der Waals surface area contributed by atoms with E-state index in [2.05, 4.69) is 13.2 Å². The van der Waals surface area contributed by atoms with E-state index in [1.54, 1.807) is 12.2 Å². The minimum atomic E-state index is 0.160. The van der Waals surface area contributed by atoms with Crippen LogP contribution < -0.4 is 15.4 Å². The van der Waals surface area contributed by atoms with E-state index in [1.807, 2.05) is 29.2 Å². The molecule has 1 aromatic carbocycles. The number of hydrogen-bond donors (Lipinski definition) is 2. The van der Waals surface area contributed by atoms with Crippen molar-refractivity contribution in [2.45, 2.75) is 6.42 Å². The molecule has 4 nitrogen and oxygen atoms in total. The Labute approximate surface area is 113 Å². The van der Waals surface area contributed by atoms with Crippen molar-refractivity contribution in [1.29, 1.82) is 5.41 Å². The van der Waals surface area contributed by atoms with Gasteiger partial charge in [-0.05, 0) is 24.3 Å². The second kappa shape index (κ2) is 5.44. The molecule has 0 bridgehead atoms. The van der Waals surface area contributed by atoms with Gasteiger partial charge in [0.2, 0.25) is 0 Å². The highest BCUT2D eigenvalue weighted by Gasteiger charge is 2.23. The van der Waals surface area contributed by atoms with Gasteiger partial charge >= 0.3 is 0 Å². The predicted octanol–water partition coefficient (Wildman–Crippen LogP) is 2.80. The monoisotopic (exact) mass is 255 g/mol. The third-order valence-corrected chi connectivity index (χ3v) is 2.90. The van der Waals surface area contributed by atoms with Crippen molar-refractivity contribution in [3.05, 3.63) is 61.0 Å². The van der Waals surface area contributed by atoms with Crippen molar-refractivity contribution in [3.8, 4) is 5.75 Å². The predicted molar refractivity (Wildman–Crippen MR) is 78.4 cm³/mol. The molecule has 0 aromatic heterocycles. The molecule has 0 atom stereocenters. The van der Waals surface area contributed by atoms with Gasteiger partial charge in [0.15, 0.2) is 11.5 Å². The van der Waals surface area contributed by atoms with Gasteiger partial charge in [0.25, 0.3) is 0 Å². The average molecular weight is 255 g/mol. The second-order valence-electron chi connectivity index (χ2n) is 4.15. The van der Waals surface area contributed by atoms with Gasteiger partial charge in [0.1, 0.15) is 0 Å². The van der Waals surface area contributed by atoms with Crippen LogP contribution in [0.1, 0.15) is 6.42 Å². The number of anilines is 1. The van der Waals surface area contributed by atoms with Gasteiger partial charge in [-0.25, -0.2) is 0 Å². The Morgan fingerprint density at radius 3 is 2.68 bits per heavy atom. The fraction of sp³-hybridized carbons (Fsp3) is 0.133. The lowest BCUT2D eigenvalue weighted by molar-refractivity contribution is 0.427. The van der Waals surface area contributed by atoms with Gasteiger partial charge in [-0.3, -0.25) is 5.41 Å². The Bertz CT molecular complexity index is 560. The van der Waals surface area contributed by atoms with Gasteiger partial charge in [0.05, 0.1) is 17.2 Å². The van der Waals surface area contributed by atoms with E-state index in [0.717, 1.165) is 17.1 Å². The molecule has 0 amide bonds. The summed E-state index contributed by atoms with van der Waals surface area (Å²) in [6.45, 7) is 8.19. The minimum absolute atomic E-state index is 0.160. The van der Waals surface area contributed by atoms with E-state index in [9.17, 15) is 0 Å². The molecule has 1 aliphatic heterocycles. The number of nitrogens with two attached hydrogens (primary N) is 1. The van der Waals surface area contributed by atoms with Crippen LogP contribution >= 0.6 is 0 Å². The number of fused-ring (bicyclic) bond motifs is 1. The van der Waals surface area contributed by atoms with Gasteiger partial charge in [-0.1, -0.05) is 25.3 Å². The number of benzene rings is 1. The SMILES string of the molecule is C=CC1=C(C=C)N(CCC(=N)N)c2ccccc2O1. The molecule has 1 aromatic rings. The fourth-order valence-electron chi connectivity index (χ4n) is 2.03. The summed E-state index contributed by atoms with van der Waals surface area (Å²) in [6.07, 6.45) is 3.87. The zero-order valence-electron chi connectivity index (χ0n) is 10.7. The Balaban J connectivity index is 2.44. The van der Waals surface area contributed by atoms with Crippen LogP contribution in [-0.2, 0) is 0 Å². The minimum Gasteiger partial charge on any atom is -0.453 e. The quantitative estimate of drug-likeness (QED) is 0.628. The van der Waals surface area contributed by atoms with Crippen molar-refractivity contribution >= 4 is 11.5 Å². The molecular weight excluding hydrogens is 238 g/mol. The van der Waals surface area contributed by atoms with E-state index >= 15 is 0 Å². The van der Waals surface area contributed by atoms with Crippen LogP contribution in [0, 0.1) is 5.41 Å². The number of allylic oxidation sites excluding steroid dienone is 2. The molecule has 1 aliphatic rings. The van der Waals surface area contributed by atoms with Crippen molar-refractivity contribution < 1.29 is 4.74 Å². The lowest BCUT2D eigenvalue weighted by atomic mass is 10.1. The smallest absolute Gasteiger partial charge is 0.151 e. The van der Waals surface area contributed by atoms with Gasteiger partial charge in [0, 0.05) is 13.0 Å². The molecule has 0 aliphatic carbocycles. The van der Waals surface area contributed by atoms with E-state index in [0.29, 0.717) is 18.7 Å². The summed E-state index contributed by atoms with van der Waals surface area (Å²) < 4.78 is 5.79. The highest BCUT2D eigenvalue weighted by atomic mass is 16.5. The van der Waals surface area contributed by atoms with Crippen molar-refractivity contribution in [2.24, 2.45) is 5.73 Å².